The number of rotatable bonds is 3. The molecule has 1 aromatic rings. The summed E-state index contributed by atoms with van der Waals surface area (Å²) in [7, 11) is -3.52. The first kappa shape index (κ1) is 16.4. The fourth-order valence-corrected chi connectivity index (χ4v) is 7.36. The third kappa shape index (κ3) is 2.37. The molecule has 0 saturated heterocycles. The van der Waals surface area contributed by atoms with Gasteiger partial charge in [0.2, 0.25) is 10.0 Å². The smallest absolute Gasteiger partial charge is 0.241 e. The van der Waals surface area contributed by atoms with Crippen molar-refractivity contribution in [3.63, 3.8) is 0 Å². The van der Waals surface area contributed by atoms with Crippen molar-refractivity contribution >= 4 is 37.3 Å². The van der Waals surface area contributed by atoms with Crippen LogP contribution in [-0.2, 0) is 10.0 Å². The average Bonchev–Trinajstić information content (AvgIpc) is 2.65. The maximum atomic E-state index is 12.6. The second kappa shape index (κ2) is 4.78. The highest BCUT2D eigenvalue weighted by Crippen LogP contribution is 2.53. The second-order valence-electron chi connectivity index (χ2n) is 6.65. The van der Waals surface area contributed by atoms with E-state index in [2.05, 4.69) is 20.7 Å². The molecule has 114 valence electrons. The Hall–Kier alpha value is 0.0500. The molecule has 0 spiro atoms. The van der Waals surface area contributed by atoms with E-state index in [1.165, 1.54) is 11.3 Å². The van der Waals surface area contributed by atoms with Crippen LogP contribution in [0.4, 0.5) is 0 Å². The van der Waals surface area contributed by atoms with Crippen LogP contribution in [0.2, 0.25) is 0 Å². The molecule has 0 amide bonds. The third-order valence-corrected chi connectivity index (χ3v) is 7.73. The van der Waals surface area contributed by atoms with Gasteiger partial charge < -0.3 is 5.73 Å². The van der Waals surface area contributed by atoms with Crippen molar-refractivity contribution in [1.29, 1.82) is 0 Å². The van der Waals surface area contributed by atoms with E-state index >= 15 is 0 Å². The number of hydrogen-bond donors (Lipinski definition) is 2. The minimum absolute atomic E-state index is 0.0296. The van der Waals surface area contributed by atoms with Crippen LogP contribution in [0.1, 0.15) is 32.6 Å². The van der Waals surface area contributed by atoms with Gasteiger partial charge in [0.15, 0.2) is 0 Å². The first-order valence-corrected chi connectivity index (χ1v) is 9.54. The molecule has 0 unspecified atom stereocenters. The lowest BCUT2D eigenvalue weighted by molar-refractivity contribution is -0.0593. The standard InChI is InChI=1S/C13H21BrN2O2S2/c1-7-8(6-9(14)19-7)20(17,18)16-11-12(2,3)10(15)13(11,4)5/h6,10-11,16H,15H2,1-5H3. The Morgan fingerprint density at radius 1 is 1.30 bits per heavy atom. The summed E-state index contributed by atoms with van der Waals surface area (Å²) in [6, 6.07) is 1.45. The summed E-state index contributed by atoms with van der Waals surface area (Å²) in [4.78, 5) is 1.13. The molecule has 0 bridgehead atoms. The molecule has 2 rings (SSSR count). The highest BCUT2D eigenvalue weighted by molar-refractivity contribution is 9.11. The Bertz CT molecular complexity index is 619. The highest BCUT2D eigenvalue weighted by atomic mass is 79.9. The van der Waals surface area contributed by atoms with Gasteiger partial charge in [-0.25, -0.2) is 13.1 Å². The van der Waals surface area contributed by atoms with Crippen LogP contribution in [0.15, 0.2) is 14.7 Å². The molecule has 1 aromatic heterocycles. The van der Waals surface area contributed by atoms with Gasteiger partial charge in [-0.15, -0.1) is 11.3 Å². The summed E-state index contributed by atoms with van der Waals surface area (Å²) in [5.74, 6) is 0. The summed E-state index contributed by atoms with van der Waals surface area (Å²) in [6.07, 6.45) is 0. The second-order valence-corrected chi connectivity index (χ2v) is 11.0. The summed E-state index contributed by atoms with van der Waals surface area (Å²) in [5, 5.41) is 0. The van der Waals surface area contributed by atoms with Gasteiger partial charge in [-0.1, -0.05) is 27.7 Å². The van der Waals surface area contributed by atoms with Crippen molar-refractivity contribution in [1.82, 2.24) is 4.72 Å². The molecule has 0 radical (unpaired) electrons. The first-order chi connectivity index (χ1) is 8.90. The van der Waals surface area contributed by atoms with Gasteiger partial charge >= 0.3 is 0 Å². The highest BCUT2D eigenvalue weighted by Gasteiger charge is 2.61. The zero-order chi connectivity index (χ0) is 15.5. The molecule has 0 atom stereocenters. The van der Waals surface area contributed by atoms with E-state index in [0.29, 0.717) is 4.90 Å². The summed E-state index contributed by atoms with van der Waals surface area (Å²) >= 11 is 4.76. The molecule has 1 aliphatic rings. The van der Waals surface area contributed by atoms with Gasteiger partial charge in [0, 0.05) is 17.0 Å². The number of hydrogen-bond acceptors (Lipinski definition) is 4. The Morgan fingerprint density at radius 2 is 1.80 bits per heavy atom. The largest absolute Gasteiger partial charge is 0.327 e. The van der Waals surface area contributed by atoms with Gasteiger partial charge in [0.1, 0.15) is 0 Å². The lowest BCUT2D eigenvalue weighted by Gasteiger charge is -2.62. The van der Waals surface area contributed by atoms with Crippen LogP contribution >= 0.6 is 27.3 Å². The Morgan fingerprint density at radius 3 is 2.20 bits per heavy atom. The number of halogens is 1. The van der Waals surface area contributed by atoms with Gasteiger partial charge in [0.05, 0.1) is 8.68 Å². The predicted octanol–water partition coefficient (Wildman–Crippen LogP) is 2.86. The number of nitrogens with two attached hydrogens (primary N) is 1. The molecule has 4 nitrogen and oxygen atoms in total. The minimum Gasteiger partial charge on any atom is -0.327 e. The normalized spacial score (nSPS) is 28.1. The van der Waals surface area contributed by atoms with Crippen molar-refractivity contribution in [2.45, 2.75) is 51.6 Å². The van der Waals surface area contributed by atoms with Gasteiger partial charge in [-0.3, -0.25) is 0 Å². The van der Waals surface area contributed by atoms with E-state index in [1.807, 2.05) is 34.6 Å². The molecule has 3 N–H and O–H groups in total. The maximum Gasteiger partial charge on any atom is 0.241 e. The Kier molecular flexibility index (Phi) is 3.92. The van der Waals surface area contributed by atoms with E-state index in [-0.39, 0.29) is 22.9 Å². The van der Waals surface area contributed by atoms with E-state index in [1.54, 1.807) is 6.07 Å². The van der Waals surface area contributed by atoms with Crippen molar-refractivity contribution in [3.8, 4) is 0 Å². The molecular weight excluding hydrogens is 360 g/mol. The number of sulfonamides is 1. The quantitative estimate of drug-likeness (QED) is 0.846. The Balaban J connectivity index is 2.33. The maximum absolute atomic E-state index is 12.6. The van der Waals surface area contributed by atoms with E-state index in [9.17, 15) is 8.42 Å². The average molecular weight is 381 g/mol. The number of nitrogens with one attached hydrogen (secondary N) is 1. The fraction of sp³-hybridized carbons (Fsp3) is 0.692. The van der Waals surface area contributed by atoms with Gasteiger partial charge in [0.25, 0.3) is 0 Å². The summed E-state index contributed by atoms with van der Waals surface area (Å²) in [5.41, 5.74) is 5.67. The molecule has 1 aliphatic carbocycles. The summed E-state index contributed by atoms with van der Waals surface area (Å²) in [6.45, 7) is 9.84. The van der Waals surface area contributed by atoms with E-state index < -0.39 is 10.0 Å². The molecular formula is C13H21BrN2O2S2. The monoisotopic (exact) mass is 380 g/mol. The molecule has 0 aromatic carbocycles. The number of thiophene rings is 1. The van der Waals surface area contributed by atoms with Gasteiger partial charge in [-0.05, 0) is 39.8 Å². The molecule has 7 heteroatoms. The zero-order valence-corrected chi connectivity index (χ0v) is 15.5. The first-order valence-electron chi connectivity index (χ1n) is 6.44. The van der Waals surface area contributed by atoms with Crippen LogP contribution in [0.25, 0.3) is 0 Å². The van der Waals surface area contributed by atoms with E-state index in [0.717, 1.165) is 8.66 Å². The molecule has 20 heavy (non-hydrogen) atoms. The minimum atomic E-state index is -3.52. The van der Waals surface area contributed by atoms with Crippen LogP contribution in [-0.4, -0.2) is 20.5 Å². The van der Waals surface area contributed by atoms with Crippen molar-refractivity contribution in [2.24, 2.45) is 16.6 Å². The molecule has 1 heterocycles. The molecule has 1 saturated carbocycles. The SMILES string of the molecule is Cc1sc(Br)cc1S(=O)(=O)NC1C(C)(C)C(N)C1(C)C. The third-order valence-electron chi connectivity index (χ3n) is 4.50. The van der Waals surface area contributed by atoms with Crippen molar-refractivity contribution in [2.75, 3.05) is 0 Å². The topological polar surface area (TPSA) is 72.2 Å². The lowest BCUT2D eigenvalue weighted by atomic mass is 9.49. The zero-order valence-electron chi connectivity index (χ0n) is 12.3. The van der Waals surface area contributed by atoms with Crippen LogP contribution in [0.3, 0.4) is 0 Å². The van der Waals surface area contributed by atoms with Crippen LogP contribution in [0.5, 0.6) is 0 Å². The Labute approximate surface area is 133 Å². The van der Waals surface area contributed by atoms with Crippen LogP contribution < -0.4 is 10.5 Å². The fourth-order valence-electron chi connectivity index (χ4n) is 3.40. The number of aryl methyl sites for hydroxylation is 1. The van der Waals surface area contributed by atoms with Crippen molar-refractivity contribution in [3.05, 3.63) is 14.7 Å². The predicted molar refractivity (Wildman–Crippen MR) is 86.4 cm³/mol. The van der Waals surface area contributed by atoms with Gasteiger partial charge in [-0.2, -0.15) is 0 Å². The van der Waals surface area contributed by atoms with Crippen molar-refractivity contribution < 1.29 is 8.42 Å². The summed E-state index contributed by atoms with van der Waals surface area (Å²) < 4.78 is 28.8. The molecule has 1 fully saturated rings. The van der Waals surface area contributed by atoms with Crippen LogP contribution in [0, 0.1) is 17.8 Å². The van der Waals surface area contributed by atoms with E-state index in [4.69, 9.17) is 5.73 Å². The molecule has 0 aliphatic heterocycles. The lowest BCUT2D eigenvalue weighted by Crippen LogP contribution is -2.75.